The summed E-state index contributed by atoms with van der Waals surface area (Å²) in [6.45, 7) is 1.53. The number of nitrogen functional groups attached to an aromatic ring is 1. The molecule has 1 fully saturated rings. The van der Waals surface area contributed by atoms with E-state index in [-0.39, 0.29) is 31.3 Å². The number of benzene rings is 2. The van der Waals surface area contributed by atoms with Gasteiger partial charge in [-0.3, -0.25) is 4.79 Å². The maximum Gasteiger partial charge on any atom is 0.251 e. The van der Waals surface area contributed by atoms with E-state index >= 15 is 0 Å². The zero-order valence-electron chi connectivity index (χ0n) is 20.3. The molecule has 0 spiro atoms. The molecule has 0 unspecified atom stereocenters. The molecular weight excluding hydrogens is 480 g/mol. The number of anilines is 3. The van der Waals surface area contributed by atoms with Gasteiger partial charge in [-0.15, -0.1) is 0 Å². The van der Waals surface area contributed by atoms with Crippen LogP contribution in [-0.4, -0.2) is 41.6 Å². The second-order valence-electron chi connectivity index (χ2n) is 9.47. The van der Waals surface area contributed by atoms with E-state index in [9.17, 15) is 13.6 Å². The van der Waals surface area contributed by atoms with Crippen molar-refractivity contribution in [2.45, 2.75) is 38.2 Å². The standard InChI is InChI=1S/C27H29F2N5O3/c28-27(29)13-17(14-27)15-37-24-6-4-20-11-19(24)16-36-10-2-1-8-31-25(35)18-3-5-21(22(30)12-18)23-7-9-32-26(33-20)34-23/h3-7,9,11-12,17H,1-2,8,10,13-16,30H2,(H,31,35)(H,32,33,34). The molecule has 3 aliphatic rings. The lowest BCUT2D eigenvalue weighted by molar-refractivity contribution is -0.119. The summed E-state index contributed by atoms with van der Waals surface area (Å²) < 4.78 is 38.2. The van der Waals surface area contributed by atoms with Crippen molar-refractivity contribution in [3.05, 3.63) is 59.8 Å². The van der Waals surface area contributed by atoms with E-state index in [1.54, 1.807) is 36.5 Å². The van der Waals surface area contributed by atoms with Gasteiger partial charge in [0.2, 0.25) is 11.9 Å². The molecule has 1 amide bonds. The number of fused-ring (bicyclic) bond motifs is 9. The Bertz CT molecular complexity index is 1280. The number of nitrogens with two attached hydrogens (primary N) is 1. The maximum absolute atomic E-state index is 13.2. The summed E-state index contributed by atoms with van der Waals surface area (Å²) in [6.07, 6.45) is 2.85. The van der Waals surface area contributed by atoms with Gasteiger partial charge in [-0.1, -0.05) is 0 Å². The van der Waals surface area contributed by atoms with Crippen LogP contribution < -0.4 is 21.1 Å². The minimum atomic E-state index is -2.58. The Hall–Kier alpha value is -3.79. The number of aromatic nitrogens is 2. The fourth-order valence-electron chi connectivity index (χ4n) is 4.47. The molecule has 0 saturated heterocycles. The predicted molar refractivity (Wildman–Crippen MR) is 136 cm³/mol. The van der Waals surface area contributed by atoms with Crippen molar-refractivity contribution in [1.29, 1.82) is 0 Å². The summed E-state index contributed by atoms with van der Waals surface area (Å²) >= 11 is 0. The Morgan fingerprint density at radius 1 is 1.14 bits per heavy atom. The Balaban J connectivity index is 1.39. The molecule has 37 heavy (non-hydrogen) atoms. The largest absolute Gasteiger partial charge is 0.493 e. The molecule has 1 saturated carbocycles. The van der Waals surface area contributed by atoms with Crippen molar-refractivity contribution < 1.29 is 23.0 Å². The number of halogens is 2. The third-order valence-electron chi connectivity index (χ3n) is 6.47. The highest BCUT2D eigenvalue weighted by Gasteiger charge is 2.45. The smallest absolute Gasteiger partial charge is 0.251 e. The summed E-state index contributed by atoms with van der Waals surface area (Å²) in [5.41, 5.74) is 10.0. The van der Waals surface area contributed by atoms with Crippen LogP contribution in [0.2, 0.25) is 0 Å². The molecule has 6 bridgehead atoms. The Labute approximate surface area is 213 Å². The molecule has 10 heteroatoms. The van der Waals surface area contributed by atoms with Gasteiger partial charge in [0.1, 0.15) is 5.75 Å². The molecular formula is C27H29F2N5O3. The van der Waals surface area contributed by atoms with Gasteiger partial charge in [0.25, 0.3) is 5.91 Å². The first kappa shape index (κ1) is 24.9. The van der Waals surface area contributed by atoms with Gasteiger partial charge >= 0.3 is 0 Å². The van der Waals surface area contributed by atoms with E-state index < -0.39 is 5.92 Å². The van der Waals surface area contributed by atoms with Crippen LogP contribution in [0.1, 0.15) is 41.6 Å². The normalized spacial score (nSPS) is 17.9. The van der Waals surface area contributed by atoms with E-state index in [0.29, 0.717) is 54.0 Å². The van der Waals surface area contributed by atoms with Crippen LogP contribution in [-0.2, 0) is 11.3 Å². The third-order valence-corrected chi connectivity index (χ3v) is 6.47. The van der Waals surface area contributed by atoms with Crippen LogP contribution in [0.15, 0.2) is 48.7 Å². The molecule has 2 aromatic carbocycles. The number of alkyl halides is 2. The lowest BCUT2D eigenvalue weighted by Gasteiger charge is -2.34. The number of ether oxygens (including phenoxy) is 2. The van der Waals surface area contributed by atoms with Crippen molar-refractivity contribution in [2.75, 3.05) is 30.8 Å². The Kier molecular flexibility index (Phi) is 7.18. The van der Waals surface area contributed by atoms with Crippen molar-refractivity contribution in [1.82, 2.24) is 15.3 Å². The topological polar surface area (TPSA) is 111 Å². The summed E-state index contributed by atoms with van der Waals surface area (Å²) in [7, 11) is 0. The molecule has 0 radical (unpaired) electrons. The monoisotopic (exact) mass is 509 g/mol. The molecule has 2 aliphatic heterocycles. The van der Waals surface area contributed by atoms with E-state index in [4.69, 9.17) is 15.2 Å². The second-order valence-corrected chi connectivity index (χ2v) is 9.47. The highest BCUT2D eigenvalue weighted by molar-refractivity contribution is 5.96. The molecule has 1 aromatic heterocycles. The molecule has 8 nitrogen and oxygen atoms in total. The average Bonchev–Trinajstić information content (AvgIpc) is 2.86. The summed E-state index contributed by atoms with van der Waals surface area (Å²) in [4.78, 5) is 21.4. The van der Waals surface area contributed by atoms with Gasteiger partial charge < -0.3 is 25.8 Å². The number of nitrogens with zero attached hydrogens (tertiary/aromatic N) is 2. The zero-order chi connectivity index (χ0) is 25.8. The molecule has 3 aromatic rings. The van der Waals surface area contributed by atoms with Gasteiger partial charge in [-0.05, 0) is 55.3 Å². The van der Waals surface area contributed by atoms with E-state index in [1.165, 1.54) is 0 Å². The Morgan fingerprint density at radius 2 is 2.00 bits per heavy atom. The quantitative estimate of drug-likeness (QED) is 0.429. The molecule has 1 aliphatic carbocycles. The SMILES string of the molecule is Nc1cc2ccc1-c1ccnc(n1)Nc1ccc(OCC3CC(F)(F)C3)c(c1)COCCCCNC2=O. The van der Waals surface area contributed by atoms with Gasteiger partial charge in [0.15, 0.2) is 0 Å². The van der Waals surface area contributed by atoms with Crippen LogP contribution in [0.4, 0.5) is 26.1 Å². The fourth-order valence-corrected chi connectivity index (χ4v) is 4.47. The molecule has 6 rings (SSSR count). The van der Waals surface area contributed by atoms with Gasteiger partial charge in [0, 0.05) is 66.2 Å². The first-order valence-corrected chi connectivity index (χ1v) is 12.4. The van der Waals surface area contributed by atoms with Crippen LogP contribution in [0.25, 0.3) is 11.3 Å². The summed E-state index contributed by atoms with van der Waals surface area (Å²) in [6, 6.07) is 12.4. The third kappa shape index (κ3) is 6.14. The summed E-state index contributed by atoms with van der Waals surface area (Å²) in [5, 5.41) is 6.11. The van der Waals surface area contributed by atoms with Crippen molar-refractivity contribution >= 4 is 23.2 Å². The number of carbonyl (C=O) groups is 1. The number of rotatable bonds is 3. The number of hydrogen-bond donors (Lipinski definition) is 3. The number of amides is 1. The van der Waals surface area contributed by atoms with Crippen LogP contribution >= 0.6 is 0 Å². The van der Waals surface area contributed by atoms with E-state index in [1.807, 2.05) is 12.1 Å². The predicted octanol–water partition coefficient (Wildman–Crippen LogP) is 4.93. The fraction of sp³-hybridized carbons (Fsp3) is 0.370. The highest BCUT2D eigenvalue weighted by Crippen LogP contribution is 2.42. The maximum atomic E-state index is 13.2. The van der Waals surface area contributed by atoms with Crippen molar-refractivity contribution in [3.8, 4) is 17.0 Å². The first-order chi connectivity index (χ1) is 17.9. The minimum absolute atomic E-state index is 0.143. The number of nitrogens with one attached hydrogen (secondary N) is 2. The van der Waals surface area contributed by atoms with Gasteiger partial charge in [0.05, 0.1) is 18.9 Å². The van der Waals surface area contributed by atoms with Crippen LogP contribution in [0.5, 0.6) is 5.75 Å². The van der Waals surface area contributed by atoms with Crippen molar-refractivity contribution in [2.24, 2.45) is 5.92 Å². The van der Waals surface area contributed by atoms with E-state index in [0.717, 1.165) is 24.1 Å². The minimum Gasteiger partial charge on any atom is -0.493 e. The second kappa shape index (κ2) is 10.7. The van der Waals surface area contributed by atoms with Crippen LogP contribution in [0.3, 0.4) is 0 Å². The average molecular weight is 510 g/mol. The molecule has 0 atom stereocenters. The zero-order valence-corrected chi connectivity index (χ0v) is 20.3. The first-order valence-electron chi connectivity index (χ1n) is 12.4. The molecule has 4 N–H and O–H groups in total. The van der Waals surface area contributed by atoms with Gasteiger partial charge in [-0.25, -0.2) is 18.7 Å². The number of carbonyl (C=O) groups excluding carboxylic acids is 1. The Morgan fingerprint density at radius 3 is 2.81 bits per heavy atom. The van der Waals surface area contributed by atoms with Gasteiger partial charge in [-0.2, -0.15) is 0 Å². The van der Waals surface area contributed by atoms with Crippen molar-refractivity contribution in [3.63, 3.8) is 0 Å². The highest BCUT2D eigenvalue weighted by atomic mass is 19.3. The molecule has 194 valence electrons. The summed E-state index contributed by atoms with van der Waals surface area (Å²) in [5.74, 6) is -1.95. The lowest BCUT2D eigenvalue weighted by Crippen LogP contribution is -2.38. The lowest BCUT2D eigenvalue weighted by atomic mass is 9.82. The van der Waals surface area contributed by atoms with E-state index in [2.05, 4.69) is 20.6 Å². The molecule has 3 heterocycles. The number of hydrogen-bond acceptors (Lipinski definition) is 7. The van der Waals surface area contributed by atoms with Crippen LogP contribution in [0, 0.1) is 5.92 Å².